The largest absolute Gasteiger partial charge is 0.497 e. The van der Waals surface area contributed by atoms with Gasteiger partial charge in [-0.2, -0.15) is 0 Å². The maximum absolute atomic E-state index is 5.44. The number of nitrogens with one attached hydrogen (secondary N) is 2. The first-order valence-corrected chi connectivity index (χ1v) is 8.48. The lowest BCUT2D eigenvalue weighted by Gasteiger charge is -2.11. The van der Waals surface area contributed by atoms with Crippen LogP contribution in [0.4, 0.5) is 0 Å². The van der Waals surface area contributed by atoms with E-state index in [0.717, 1.165) is 30.0 Å². The molecule has 4 nitrogen and oxygen atoms in total. The van der Waals surface area contributed by atoms with Crippen molar-refractivity contribution in [1.82, 2.24) is 10.6 Å². The highest BCUT2D eigenvalue weighted by Gasteiger charge is 1.99. The summed E-state index contributed by atoms with van der Waals surface area (Å²) in [6.45, 7) is 4.16. The Morgan fingerprint density at radius 2 is 1.54 bits per heavy atom. The topological polar surface area (TPSA) is 42.5 Å². The molecular formula is C19H24N2O2S. The molecule has 128 valence electrons. The number of methoxy groups -OCH3 is 1. The van der Waals surface area contributed by atoms with Crippen LogP contribution in [0.3, 0.4) is 0 Å². The molecule has 2 rings (SSSR count). The second-order valence-corrected chi connectivity index (χ2v) is 5.69. The second-order valence-electron chi connectivity index (χ2n) is 5.28. The molecule has 0 radical (unpaired) electrons. The molecule has 0 aromatic heterocycles. The van der Waals surface area contributed by atoms with Gasteiger partial charge in [-0.25, -0.2) is 0 Å². The summed E-state index contributed by atoms with van der Waals surface area (Å²) >= 11 is 5.31. The Bertz CT molecular complexity index is 627. The first-order chi connectivity index (χ1) is 11.7. The van der Waals surface area contributed by atoms with Crippen LogP contribution >= 0.6 is 12.2 Å². The van der Waals surface area contributed by atoms with Crippen molar-refractivity contribution in [2.24, 2.45) is 0 Å². The van der Waals surface area contributed by atoms with Gasteiger partial charge in [0, 0.05) is 13.1 Å². The van der Waals surface area contributed by atoms with Crippen LogP contribution in [0, 0.1) is 0 Å². The van der Waals surface area contributed by atoms with E-state index in [1.54, 1.807) is 7.11 Å². The molecule has 0 fully saturated rings. The van der Waals surface area contributed by atoms with Crippen molar-refractivity contribution in [3.63, 3.8) is 0 Å². The van der Waals surface area contributed by atoms with Gasteiger partial charge in [0.15, 0.2) is 5.11 Å². The molecule has 0 saturated carbocycles. The summed E-state index contributed by atoms with van der Waals surface area (Å²) in [5.74, 6) is 1.76. The van der Waals surface area contributed by atoms with Gasteiger partial charge in [0.05, 0.1) is 13.7 Å². The van der Waals surface area contributed by atoms with E-state index < -0.39 is 0 Å². The minimum Gasteiger partial charge on any atom is -0.497 e. The maximum Gasteiger partial charge on any atom is 0.166 e. The first-order valence-electron chi connectivity index (χ1n) is 8.07. The van der Waals surface area contributed by atoms with Crippen molar-refractivity contribution in [2.45, 2.75) is 19.9 Å². The average molecular weight is 344 g/mol. The van der Waals surface area contributed by atoms with Crippen molar-refractivity contribution >= 4 is 17.3 Å². The molecule has 0 bridgehead atoms. The summed E-state index contributed by atoms with van der Waals surface area (Å²) in [6.07, 6.45) is 0.913. The quantitative estimate of drug-likeness (QED) is 0.719. The standard InChI is InChI=1S/C19H24N2O2S/c1-3-23-18-10-4-15(5-11-18)12-13-20-19(24)21-14-16-6-8-17(22-2)9-7-16/h4-11H,3,12-14H2,1-2H3,(H2,20,21,24). The molecule has 0 heterocycles. The molecule has 0 amide bonds. The molecule has 2 aromatic carbocycles. The van der Waals surface area contributed by atoms with Crippen molar-refractivity contribution in [3.8, 4) is 11.5 Å². The Hall–Kier alpha value is -2.27. The predicted octanol–water partition coefficient (Wildman–Crippen LogP) is 3.30. The molecule has 24 heavy (non-hydrogen) atoms. The zero-order chi connectivity index (χ0) is 17.2. The third kappa shape index (κ3) is 6.08. The second kappa shape index (κ2) is 9.78. The molecular weight excluding hydrogens is 320 g/mol. The van der Waals surface area contributed by atoms with E-state index in [0.29, 0.717) is 18.3 Å². The van der Waals surface area contributed by atoms with Gasteiger partial charge < -0.3 is 20.1 Å². The lowest BCUT2D eigenvalue weighted by Crippen LogP contribution is -2.35. The number of ether oxygens (including phenoxy) is 2. The van der Waals surface area contributed by atoms with Crippen LogP contribution in [0.25, 0.3) is 0 Å². The van der Waals surface area contributed by atoms with Crippen LogP contribution < -0.4 is 20.1 Å². The molecule has 0 saturated heterocycles. The highest BCUT2D eigenvalue weighted by molar-refractivity contribution is 7.80. The smallest absolute Gasteiger partial charge is 0.166 e. The number of rotatable bonds is 8. The van der Waals surface area contributed by atoms with Crippen molar-refractivity contribution in [3.05, 3.63) is 59.7 Å². The fraction of sp³-hybridized carbons (Fsp3) is 0.316. The molecule has 2 N–H and O–H groups in total. The SMILES string of the molecule is CCOc1ccc(CCNC(=S)NCc2ccc(OC)cc2)cc1. The third-order valence-corrected chi connectivity index (χ3v) is 3.83. The van der Waals surface area contributed by atoms with Gasteiger partial charge in [0.2, 0.25) is 0 Å². The summed E-state index contributed by atoms with van der Waals surface area (Å²) in [5.41, 5.74) is 2.41. The number of thiocarbonyl (C=S) groups is 1. The van der Waals surface area contributed by atoms with Gasteiger partial charge in [0.1, 0.15) is 11.5 Å². The maximum atomic E-state index is 5.44. The van der Waals surface area contributed by atoms with Gasteiger partial charge >= 0.3 is 0 Å². The predicted molar refractivity (Wildman–Crippen MR) is 102 cm³/mol. The minimum absolute atomic E-state index is 0.664. The molecule has 0 aliphatic carbocycles. The van der Waals surface area contributed by atoms with E-state index in [1.807, 2.05) is 43.3 Å². The molecule has 0 atom stereocenters. The van der Waals surface area contributed by atoms with Crippen LogP contribution in [0.15, 0.2) is 48.5 Å². The van der Waals surface area contributed by atoms with E-state index in [1.165, 1.54) is 5.56 Å². The number of hydrogen-bond acceptors (Lipinski definition) is 3. The molecule has 0 unspecified atom stereocenters. The normalized spacial score (nSPS) is 10.1. The lowest BCUT2D eigenvalue weighted by atomic mass is 10.1. The Balaban J connectivity index is 1.67. The van der Waals surface area contributed by atoms with Crippen molar-refractivity contribution in [1.29, 1.82) is 0 Å². The van der Waals surface area contributed by atoms with Crippen LogP contribution in [0.2, 0.25) is 0 Å². The fourth-order valence-electron chi connectivity index (χ4n) is 2.23. The van der Waals surface area contributed by atoms with Gasteiger partial charge in [0.25, 0.3) is 0 Å². The summed E-state index contributed by atoms with van der Waals surface area (Å²) in [7, 11) is 1.66. The zero-order valence-electron chi connectivity index (χ0n) is 14.2. The molecule has 2 aromatic rings. The number of hydrogen-bond donors (Lipinski definition) is 2. The zero-order valence-corrected chi connectivity index (χ0v) is 15.0. The molecule has 5 heteroatoms. The van der Waals surface area contributed by atoms with Crippen LogP contribution in [0.5, 0.6) is 11.5 Å². The fourth-order valence-corrected chi connectivity index (χ4v) is 2.40. The Labute approximate surface area is 149 Å². The van der Waals surface area contributed by atoms with Gasteiger partial charge in [-0.3, -0.25) is 0 Å². The Morgan fingerprint density at radius 1 is 0.917 bits per heavy atom. The van der Waals surface area contributed by atoms with Crippen molar-refractivity contribution < 1.29 is 9.47 Å². The monoisotopic (exact) mass is 344 g/mol. The molecule has 0 aliphatic heterocycles. The van der Waals surface area contributed by atoms with E-state index in [4.69, 9.17) is 21.7 Å². The third-order valence-electron chi connectivity index (χ3n) is 3.55. The van der Waals surface area contributed by atoms with Gasteiger partial charge in [-0.1, -0.05) is 24.3 Å². The molecule has 0 aliphatic rings. The van der Waals surface area contributed by atoms with Crippen molar-refractivity contribution in [2.75, 3.05) is 20.3 Å². The van der Waals surface area contributed by atoms with Crippen LogP contribution in [0.1, 0.15) is 18.1 Å². The number of benzene rings is 2. The van der Waals surface area contributed by atoms with E-state index in [9.17, 15) is 0 Å². The Kier molecular flexibility index (Phi) is 7.36. The summed E-state index contributed by atoms with van der Waals surface area (Å²) in [4.78, 5) is 0. The highest BCUT2D eigenvalue weighted by Crippen LogP contribution is 2.12. The van der Waals surface area contributed by atoms with E-state index >= 15 is 0 Å². The summed E-state index contributed by atoms with van der Waals surface area (Å²) in [5, 5.41) is 7.10. The van der Waals surface area contributed by atoms with E-state index in [2.05, 4.69) is 22.8 Å². The minimum atomic E-state index is 0.664. The average Bonchev–Trinajstić information content (AvgIpc) is 2.62. The van der Waals surface area contributed by atoms with Gasteiger partial charge in [-0.05, 0) is 61.0 Å². The first kappa shape index (κ1) is 18.1. The van der Waals surface area contributed by atoms with Crippen LogP contribution in [-0.2, 0) is 13.0 Å². The summed E-state index contributed by atoms with van der Waals surface area (Å²) < 4.78 is 10.6. The summed E-state index contributed by atoms with van der Waals surface area (Å²) in [6, 6.07) is 16.1. The lowest BCUT2D eigenvalue weighted by molar-refractivity contribution is 0.340. The molecule has 0 spiro atoms. The van der Waals surface area contributed by atoms with E-state index in [-0.39, 0.29) is 0 Å². The van der Waals surface area contributed by atoms with Gasteiger partial charge in [-0.15, -0.1) is 0 Å². The Morgan fingerprint density at radius 3 is 2.17 bits per heavy atom. The van der Waals surface area contributed by atoms with Crippen LogP contribution in [-0.4, -0.2) is 25.4 Å². The highest BCUT2D eigenvalue weighted by atomic mass is 32.1.